The maximum Gasteiger partial charge on any atom is 0.330 e. The minimum Gasteiger partial charge on any atom is -0.383 e. The van der Waals surface area contributed by atoms with Crippen molar-refractivity contribution in [3.05, 3.63) is 44.4 Å². The van der Waals surface area contributed by atoms with E-state index in [0.717, 1.165) is 31.4 Å². The van der Waals surface area contributed by atoms with Gasteiger partial charge in [0.15, 0.2) is 11.3 Å². The quantitative estimate of drug-likeness (QED) is 0.581. The molecule has 10 heteroatoms. The molecule has 1 amide bonds. The molecule has 4 rings (SSSR count). The molecular formula is C22H29N7O3. The molecule has 0 radical (unpaired) electrons. The summed E-state index contributed by atoms with van der Waals surface area (Å²) in [6, 6.07) is 1.87. The Morgan fingerprint density at radius 2 is 2.06 bits per heavy atom. The molecule has 10 nitrogen and oxygen atoms in total. The highest BCUT2D eigenvalue weighted by atomic mass is 16.2. The largest absolute Gasteiger partial charge is 0.383 e. The summed E-state index contributed by atoms with van der Waals surface area (Å²) < 4.78 is 3.10. The van der Waals surface area contributed by atoms with Gasteiger partial charge in [-0.3, -0.25) is 19.1 Å². The summed E-state index contributed by atoms with van der Waals surface area (Å²) in [7, 11) is 1.49. The zero-order valence-electron chi connectivity index (χ0n) is 18.9. The molecular weight excluding hydrogens is 410 g/mol. The molecule has 3 aromatic rings. The number of aromatic amines is 1. The molecule has 1 aliphatic carbocycles. The molecule has 0 spiro atoms. The summed E-state index contributed by atoms with van der Waals surface area (Å²) >= 11 is 0. The molecule has 0 saturated heterocycles. The molecule has 3 aromatic heterocycles. The van der Waals surface area contributed by atoms with Gasteiger partial charge in [-0.15, -0.1) is 0 Å². The molecule has 3 N–H and O–H groups in total. The maximum atomic E-state index is 13.6. The lowest BCUT2D eigenvalue weighted by Gasteiger charge is -2.21. The van der Waals surface area contributed by atoms with Crippen LogP contribution in [0, 0.1) is 0 Å². The van der Waals surface area contributed by atoms with Crippen LogP contribution < -0.4 is 21.9 Å². The predicted molar refractivity (Wildman–Crippen MR) is 123 cm³/mol. The van der Waals surface area contributed by atoms with E-state index in [1.807, 2.05) is 20.8 Å². The molecule has 170 valence electrons. The lowest BCUT2D eigenvalue weighted by Crippen LogP contribution is -2.39. The summed E-state index contributed by atoms with van der Waals surface area (Å²) in [5.41, 5.74) is 6.81. The highest BCUT2D eigenvalue weighted by Crippen LogP contribution is 2.40. The van der Waals surface area contributed by atoms with Crippen LogP contribution in [-0.4, -0.2) is 37.3 Å². The monoisotopic (exact) mass is 439 g/mol. The summed E-state index contributed by atoms with van der Waals surface area (Å²) in [5.74, 6) is -0.0923. The molecule has 1 fully saturated rings. The third-order valence-electron chi connectivity index (χ3n) is 5.89. The smallest absolute Gasteiger partial charge is 0.330 e. The number of amides is 1. The van der Waals surface area contributed by atoms with E-state index in [0.29, 0.717) is 29.1 Å². The van der Waals surface area contributed by atoms with Crippen LogP contribution in [0.1, 0.15) is 74.5 Å². The minimum absolute atomic E-state index is 0.0198. The molecule has 0 unspecified atom stereocenters. The minimum atomic E-state index is -0.693. The predicted octanol–water partition coefficient (Wildman–Crippen LogP) is 2.40. The lowest BCUT2D eigenvalue weighted by molar-refractivity contribution is 0.0994. The average molecular weight is 440 g/mol. The van der Waals surface area contributed by atoms with Gasteiger partial charge in [0.25, 0.3) is 11.5 Å². The van der Waals surface area contributed by atoms with Crippen molar-refractivity contribution >= 4 is 28.4 Å². The van der Waals surface area contributed by atoms with Crippen LogP contribution in [0.2, 0.25) is 0 Å². The Bertz CT molecular complexity index is 1300. The number of carbonyl (C=O) groups is 1. The van der Waals surface area contributed by atoms with Crippen LogP contribution in [-0.2, 0) is 6.54 Å². The lowest BCUT2D eigenvalue weighted by atomic mass is 10.1. The molecule has 1 aliphatic rings. The summed E-state index contributed by atoms with van der Waals surface area (Å²) in [6.45, 7) is 6.36. The van der Waals surface area contributed by atoms with E-state index in [9.17, 15) is 14.4 Å². The van der Waals surface area contributed by atoms with Gasteiger partial charge in [0, 0.05) is 31.2 Å². The second-order valence-corrected chi connectivity index (χ2v) is 8.65. The molecule has 3 heterocycles. The zero-order valence-corrected chi connectivity index (χ0v) is 18.9. The highest BCUT2D eigenvalue weighted by molar-refractivity contribution is 6.13. The standard InChI is InChI=1S/C22H29N7O3/c1-5-6-9-28-18(23)17(20(30)26-22(28)32)27(4)21(31)14-10-16(13-7-8-13)25-19-15(14)11-24-29(19)12(2)3/h10-13H,5-9,23H2,1-4H3,(H,26,30,32). The van der Waals surface area contributed by atoms with Crippen LogP contribution in [0.15, 0.2) is 21.9 Å². The van der Waals surface area contributed by atoms with Gasteiger partial charge in [-0.2, -0.15) is 5.10 Å². The number of anilines is 2. The molecule has 0 aliphatic heterocycles. The van der Waals surface area contributed by atoms with Gasteiger partial charge in [0.05, 0.1) is 17.1 Å². The number of aromatic nitrogens is 5. The Balaban J connectivity index is 1.83. The van der Waals surface area contributed by atoms with Crippen LogP contribution in [0.4, 0.5) is 11.5 Å². The number of nitrogens with zero attached hydrogens (tertiary/aromatic N) is 5. The van der Waals surface area contributed by atoms with Gasteiger partial charge in [-0.25, -0.2) is 14.5 Å². The van der Waals surface area contributed by atoms with Gasteiger partial charge in [0.1, 0.15) is 5.82 Å². The van der Waals surface area contributed by atoms with E-state index in [1.165, 1.54) is 16.5 Å². The normalized spacial score (nSPS) is 13.8. The first-order valence-corrected chi connectivity index (χ1v) is 11.0. The SMILES string of the molecule is CCCCn1c(N)c(N(C)C(=O)c2cc(C3CC3)nc3c2cnn3C(C)C)c(=O)[nH]c1=O. The second-order valence-electron chi connectivity index (χ2n) is 8.65. The molecule has 0 atom stereocenters. The molecule has 32 heavy (non-hydrogen) atoms. The Kier molecular flexibility index (Phi) is 5.62. The van der Waals surface area contributed by atoms with Gasteiger partial charge in [-0.05, 0) is 39.2 Å². The van der Waals surface area contributed by atoms with Gasteiger partial charge in [0.2, 0.25) is 0 Å². The highest BCUT2D eigenvalue weighted by Gasteiger charge is 2.30. The number of carbonyl (C=O) groups excluding carboxylic acids is 1. The van der Waals surface area contributed by atoms with Gasteiger partial charge < -0.3 is 10.6 Å². The number of fused-ring (bicyclic) bond motifs is 1. The van der Waals surface area contributed by atoms with E-state index >= 15 is 0 Å². The summed E-state index contributed by atoms with van der Waals surface area (Å²) in [4.78, 5) is 46.8. The molecule has 0 bridgehead atoms. The van der Waals surface area contributed by atoms with Crippen LogP contribution in [0.25, 0.3) is 11.0 Å². The fourth-order valence-electron chi connectivity index (χ4n) is 3.90. The number of pyridine rings is 1. The van der Waals surface area contributed by atoms with Crippen molar-refractivity contribution in [2.75, 3.05) is 17.7 Å². The Labute approximate surface area is 185 Å². The van der Waals surface area contributed by atoms with Crippen molar-refractivity contribution in [3.63, 3.8) is 0 Å². The number of nitrogens with two attached hydrogens (primary N) is 1. The van der Waals surface area contributed by atoms with E-state index in [2.05, 4.69) is 10.1 Å². The zero-order chi connectivity index (χ0) is 23.2. The van der Waals surface area contributed by atoms with Crippen molar-refractivity contribution in [1.29, 1.82) is 0 Å². The first kappa shape index (κ1) is 21.8. The average Bonchev–Trinajstić information content (AvgIpc) is 3.50. The van der Waals surface area contributed by atoms with Crippen molar-refractivity contribution in [1.82, 2.24) is 24.3 Å². The topological polar surface area (TPSA) is 132 Å². The molecule has 0 aromatic carbocycles. The van der Waals surface area contributed by atoms with Crippen molar-refractivity contribution in [2.45, 2.75) is 65.0 Å². The fourth-order valence-corrected chi connectivity index (χ4v) is 3.90. The number of hydrogen-bond acceptors (Lipinski definition) is 6. The van der Waals surface area contributed by atoms with Crippen molar-refractivity contribution in [3.8, 4) is 0 Å². The van der Waals surface area contributed by atoms with Gasteiger partial charge in [-0.1, -0.05) is 13.3 Å². The van der Waals surface area contributed by atoms with Gasteiger partial charge >= 0.3 is 5.69 Å². The number of rotatable bonds is 7. The van der Waals surface area contributed by atoms with E-state index in [1.54, 1.807) is 16.9 Å². The van der Waals surface area contributed by atoms with Crippen LogP contribution >= 0.6 is 0 Å². The fraction of sp³-hybridized carbons (Fsp3) is 0.500. The first-order chi connectivity index (χ1) is 15.2. The van der Waals surface area contributed by atoms with E-state index in [4.69, 9.17) is 10.7 Å². The summed E-state index contributed by atoms with van der Waals surface area (Å²) in [5, 5.41) is 5.05. The van der Waals surface area contributed by atoms with Crippen LogP contribution in [0.5, 0.6) is 0 Å². The Morgan fingerprint density at radius 3 is 2.69 bits per heavy atom. The van der Waals surface area contributed by atoms with E-state index in [-0.39, 0.29) is 17.5 Å². The Morgan fingerprint density at radius 1 is 1.34 bits per heavy atom. The third-order valence-corrected chi connectivity index (χ3v) is 5.89. The van der Waals surface area contributed by atoms with E-state index < -0.39 is 17.2 Å². The number of nitrogens with one attached hydrogen (secondary N) is 1. The van der Waals surface area contributed by atoms with Crippen molar-refractivity contribution in [2.24, 2.45) is 0 Å². The second kappa shape index (κ2) is 8.25. The first-order valence-electron chi connectivity index (χ1n) is 11.0. The number of hydrogen-bond donors (Lipinski definition) is 2. The third kappa shape index (κ3) is 3.69. The number of H-pyrrole nitrogens is 1. The maximum absolute atomic E-state index is 13.6. The van der Waals surface area contributed by atoms with Crippen molar-refractivity contribution < 1.29 is 4.79 Å². The number of unbranched alkanes of at least 4 members (excludes halogenated alkanes) is 1. The number of nitrogen functional groups attached to an aromatic ring is 1. The Hall–Kier alpha value is -3.43. The van der Waals surface area contributed by atoms with Crippen LogP contribution in [0.3, 0.4) is 0 Å². The molecule has 1 saturated carbocycles. The summed E-state index contributed by atoms with van der Waals surface area (Å²) in [6.07, 6.45) is 5.28.